The van der Waals surface area contributed by atoms with E-state index >= 15 is 0 Å². The summed E-state index contributed by atoms with van der Waals surface area (Å²) in [5.74, 6) is 0.480. The first-order chi connectivity index (χ1) is 15.1. The van der Waals surface area contributed by atoms with E-state index in [9.17, 15) is 9.18 Å². The highest BCUT2D eigenvalue weighted by Gasteiger charge is 2.26. The zero-order valence-electron chi connectivity index (χ0n) is 16.8. The molecule has 1 aliphatic rings. The molecule has 158 valence electrons. The van der Waals surface area contributed by atoms with E-state index in [1.807, 2.05) is 19.1 Å². The molecule has 1 saturated heterocycles. The number of aryl methyl sites for hydroxylation is 1. The second-order valence-corrected chi connectivity index (χ2v) is 8.71. The quantitative estimate of drug-likeness (QED) is 0.525. The van der Waals surface area contributed by atoms with Crippen molar-refractivity contribution in [3.63, 3.8) is 0 Å². The summed E-state index contributed by atoms with van der Waals surface area (Å²) in [6, 6.07) is 10.0. The number of benzene rings is 1. The molecule has 0 unspecified atom stereocenters. The lowest BCUT2D eigenvalue weighted by Crippen LogP contribution is -2.38. The maximum absolute atomic E-state index is 13.2. The highest BCUT2D eigenvalue weighted by Crippen LogP contribution is 2.31. The third-order valence-corrected chi connectivity index (χ3v) is 6.37. The van der Waals surface area contributed by atoms with Crippen LogP contribution in [-0.4, -0.2) is 43.8 Å². The largest absolute Gasteiger partial charge is 0.355 e. The number of rotatable bonds is 4. The Bertz CT molecular complexity index is 1230. The van der Waals surface area contributed by atoms with Crippen molar-refractivity contribution in [1.82, 2.24) is 24.8 Å². The summed E-state index contributed by atoms with van der Waals surface area (Å²) < 4.78 is 14.8. The minimum Gasteiger partial charge on any atom is -0.355 e. The van der Waals surface area contributed by atoms with Crippen LogP contribution >= 0.6 is 11.3 Å². The Morgan fingerprint density at radius 3 is 2.71 bits per heavy atom. The van der Waals surface area contributed by atoms with Gasteiger partial charge in [-0.3, -0.25) is 4.79 Å². The molecule has 1 N–H and O–H groups in total. The smallest absolute Gasteiger partial charge is 0.229 e. The molecule has 0 saturated carbocycles. The minimum absolute atomic E-state index is 0.0127. The van der Waals surface area contributed by atoms with E-state index in [4.69, 9.17) is 0 Å². The van der Waals surface area contributed by atoms with Crippen molar-refractivity contribution < 1.29 is 9.18 Å². The molecule has 0 spiro atoms. The third kappa shape index (κ3) is 3.98. The number of piperidine rings is 1. The molecule has 1 aliphatic heterocycles. The molecule has 1 aromatic carbocycles. The Morgan fingerprint density at radius 2 is 1.94 bits per heavy atom. The average Bonchev–Trinajstić information content (AvgIpc) is 3.40. The number of amides is 1. The molecule has 10 heteroatoms. The lowest BCUT2D eigenvalue weighted by Gasteiger charge is -2.31. The Balaban J connectivity index is 1.22. The topological polar surface area (TPSA) is 88.3 Å². The summed E-state index contributed by atoms with van der Waals surface area (Å²) in [6.45, 7) is 3.44. The first-order valence-electron chi connectivity index (χ1n) is 10.0. The Labute approximate surface area is 181 Å². The van der Waals surface area contributed by atoms with Gasteiger partial charge in [0.25, 0.3) is 0 Å². The van der Waals surface area contributed by atoms with Crippen molar-refractivity contribution in [2.45, 2.75) is 19.8 Å². The van der Waals surface area contributed by atoms with Crippen molar-refractivity contribution in [3.8, 4) is 11.3 Å². The van der Waals surface area contributed by atoms with E-state index in [-0.39, 0.29) is 17.6 Å². The monoisotopic (exact) mass is 437 g/mol. The first kappa shape index (κ1) is 19.6. The van der Waals surface area contributed by atoms with E-state index in [0.717, 1.165) is 47.9 Å². The van der Waals surface area contributed by atoms with Crippen molar-refractivity contribution in [2.75, 3.05) is 23.3 Å². The van der Waals surface area contributed by atoms with Gasteiger partial charge in [0.05, 0.1) is 5.69 Å². The zero-order chi connectivity index (χ0) is 21.4. The molecular formula is C21H20FN7OS. The third-order valence-electron chi connectivity index (χ3n) is 5.48. The summed E-state index contributed by atoms with van der Waals surface area (Å²) in [6.07, 6.45) is 3.06. The SMILES string of the molecule is Cc1sc(NC(=O)C2CCN(c3ccc4nncn4n3)CC2)nc1-c1ccc(F)cc1. The molecule has 0 aliphatic carbocycles. The Hall–Kier alpha value is -3.40. The van der Waals surface area contributed by atoms with Gasteiger partial charge in [-0.2, -0.15) is 4.52 Å². The zero-order valence-corrected chi connectivity index (χ0v) is 17.6. The molecule has 5 rings (SSSR count). The van der Waals surface area contributed by atoms with Gasteiger partial charge in [-0.05, 0) is 56.2 Å². The normalized spacial score (nSPS) is 14.8. The maximum atomic E-state index is 13.2. The van der Waals surface area contributed by atoms with Gasteiger partial charge in [0.2, 0.25) is 5.91 Å². The van der Waals surface area contributed by atoms with Crippen molar-refractivity contribution >= 4 is 33.8 Å². The fourth-order valence-electron chi connectivity index (χ4n) is 3.79. The van der Waals surface area contributed by atoms with Crippen LogP contribution in [0.15, 0.2) is 42.7 Å². The van der Waals surface area contributed by atoms with Gasteiger partial charge in [-0.1, -0.05) is 0 Å². The highest BCUT2D eigenvalue weighted by molar-refractivity contribution is 7.16. The van der Waals surface area contributed by atoms with Crippen LogP contribution in [0.3, 0.4) is 0 Å². The molecular weight excluding hydrogens is 417 g/mol. The molecule has 1 fully saturated rings. The van der Waals surface area contributed by atoms with Crippen molar-refractivity contribution in [2.24, 2.45) is 5.92 Å². The fraction of sp³-hybridized carbons (Fsp3) is 0.286. The van der Waals surface area contributed by atoms with Crippen LogP contribution in [0.2, 0.25) is 0 Å². The molecule has 1 amide bonds. The average molecular weight is 438 g/mol. The molecule has 8 nitrogen and oxygen atoms in total. The number of hydrogen-bond acceptors (Lipinski definition) is 7. The highest BCUT2D eigenvalue weighted by atomic mass is 32.1. The van der Waals surface area contributed by atoms with E-state index in [2.05, 4.69) is 30.5 Å². The molecule has 0 radical (unpaired) electrons. The molecule has 0 bridgehead atoms. The predicted octanol–water partition coefficient (Wildman–Crippen LogP) is 3.55. The molecule has 4 aromatic rings. The van der Waals surface area contributed by atoms with Gasteiger partial charge < -0.3 is 10.2 Å². The van der Waals surface area contributed by atoms with Gasteiger partial charge in [0.15, 0.2) is 10.8 Å². The van der Waals surface area contributed by atoms with Crippen LogP contribution in [0, 0.1) is 18.7 Å². The van der Waals surface area contributed by atoms with Crippen LogP contribution < -0.4 is 10.2 Å². The maximum Gasteiger partial charge on any atom is 0.229 e. The fourth-order valence-corrected chi connectivity index (χ4v) is 4.63. The van der Waals surface area contributed by atoms with Gasteiger partial charge >= 0.3 is 0 Å². The number of thiazole rings is 1. The number of nitrogens with zero attached hydrogens (tertiary/aromatic N) is 6. The number of anilines is 2. The van der Waals surface area contributed by atoms with Crippen LogP contribution in [0.5, 0.6) is 0 Å². The van der Waals surface area contributed by atoms with Gasteiger partial charge in [-0.15, -0.1) is 26.6 Å². The Morgan fingerprint density at radius 1 is 1.16 bits per heavy atom. The molecule has 0 atom stereocenters. The summed E-state index contributed by atoms with van der Waals surface area (Å²) in [5.41, 5.74) is 2.31. The second kappa shape index (κ2) is 8.03. The number of hydrogen-bond donors (Lipinski definition) is 1. The van der Waals surface area contributed by atoms with Crippen LogP contribution in [0.4, 0.5) is 15.3 Å². The predicted molar refractivity (Wildman–Crippen MR) is 117 cm³/mol. The van der Waals surface area contributed by atoms with Gasteiger partial charge in [0, 0.05) is 29.4 Å². The number of halogens is 1. The van der Waals surface area contributed by atoms with E-state index in [0.29, 0.717) is 10.8 Å². The van der Waals surface area contributed by atoms with E-state index in [1.165, 1.54) is 23.5 Å². The number of carbonyl (C=O) groups is 1. The van der Waals surface area contributed by atoms with E-state index < -0.39 is 0 Å². The lowest BCUT2D eigenvalue weighted by atomic mass is 9.96. The van der Waals surface area contributed by atoms with Crippen molar-refractivity contribution in [1.29, 1.82) is 0 Å². The number of carbonyl (C=O) groups excluding carboxylic acids is 1. The summed E-state index contributed by atoms with van der Waals surface area (Å²) >= 11 is 1.43. The number of aromatic nitrogens is 5. The standard InChI is InChI=1S/C21H20FN7OS/c1-13-19(14-2-4-16(22)5-3-14)24-21(31-13)25-20(30)15-8-10-28(11-9-15)18-7-6-17-26-23-12-29(17)27-18/h2-7,12,15H,8-11H2,1H3,(H,24,25,30). The van der Waals surface area contributed by atoms with Gasteiger partial charge in [-0.25, -0.2) is 9.37 Å². The number of nitrogens with one attached hydrogen (secondary N) is 1. The summed E-state index contributed by atoms with van der Waals surface area (Å²) in [5, 5.41) is 15.9. The van der Waals surface area contributed by atoms with E-state index in [1.54, 1.807) is 23.0 Å². The van der Waals surface area contributed by atoms with Crippen LogP contribution in [-0.2, 0) is 4.79 Å². The first-order valence-corrected chi connectivity index (χ1v) is 10.8. The van der Waals surface area contributed by atoms with Gasteiger partial charge in [0.1, 0.15) is 18.0 Å². The minimum atomic E-state index is -0.284. The Kier molecular flexibility index (Phi) is 5.06. The van der Waals surface area contributed by atoms with Crippen LogP contribution in [0.1, 0.15) is 17.7 Å². The van der Waals surface area contributed by atoms with Crippen LogP contribution in [0.25, 0.3) is 16.9 Å². The summed E-state index contributed by atoms with van der Waals surface area (Å²) in [4.78, 5) is 20.5. The molecule has 3 aromatic heterocycles. The summed E-state index contributed by atoms with van der Waals surface area (Å²) in [7, 11) is 0. The lowest BCUT2D eigenvalue weighted by molar-refractivity contribution is -0.120. The molecule has 4 heterocycles. The van der Waals surface area contributed by atoms with Crippen molar-refractivity contribution in [3.05, 3.63) is 53.4 Å². The molecule has 31 heavy (non-hydrogen) atoms. The number of fused-ring (bicyclic) bond motifs is 1. The second-order valence-electron chi connectivity index (χ2n) is 7.51.